The Morgan fingerprint density at radius 3 is 1.25 bits per heavy atom. The molecule has 0 atom stereocenters. The third kappa shape index (κ3) is 4.48. The minimum atomic E-state index is -0.669. The Morgan fingerprint density at radius 2 is 1.00 bits per heavy atom. The van der Waals surface area contributed by atoms with Crippen LogP contribution in [-0.4, -0.2) is 9.52 Å². The van der Waals surface area contributed by atoms with Crippen LogP contribution in [0, 0.1) is 10.8 Å². The van der Waals surface area contributed by atoms with Crippen LogP contribution in [0.25, 0.3) is 0 Å². The van der Waals surface area contributed by atoms with Crippen LogP contribution >= 0.6 is 23.2 Å². The minimum Gasteiger partial charge on any atom is -0.0889 e. The standard InChI is InChI=1S/C20H30Cl2Si.Zr/c1-11-9-13(21)17(15(11)19(3,4)5)23-18-14(22)10-12(2)16(18)20(6,7)8;/h9-10,23H2,1-8H3;. The fourth-order valence-electron chi connectivity index (χ4n) is 4.37. The molecule has 0 bridgehead atoms. The van der Waals surface area contributed by atoms with Crippen LogP contribution in [0.4, 0.5) is 0 Å². The van der Waals surface area contributed by atoms with Crippen molar-refractivity contribution in [1.29, 1.82) is 0 Å². The van der Waals surface area contributed by atoms with E-state index in [1.807, 2.05) is 0 Å². The van der Waals surface area contributed by atoms with Crippen molar-refractivity contribution in [2.24, 2.45) is 10.8 Å². The van der Waals surface area contributed by atoms with Gasteiger partial charge in [0.05, 0.1) is 9.52 Å². The first-order valence-electron chi connectivity index (χ1n) is 8.50. The Balaban J connectivity index is 0.00000288. The Hall–Kier alpha value is 0.640. The van der Waals surface area contributed by atoms with Crippen LogP contribution in [0.1, 0.15) is 68.2 Å². The second-order valence-electron chi connectivity index (χ2n) is 9.11. The molecule has 2 aliphatic rings. The average Bonchev–Trinajstić information content (AvgIpc) is 2.75. The van der Waals surface area contributed by atoms with Gasteiger partial charge in [-0.05, 0) is 46.2 Å². The number of hydrogen-bond donors (Lipinski definition) is 0. The Bertz CT molecular complexity index is 607. The van der Waals surface area contributed by atoms with Gasteiger partial charge in [-0.2, -0.15) is 0 Å². The second-order valence-corrected chi connectivity index (χ2v) is 11.8. The van der Waals surface area contributed by atoms with Crippen LogP contribution < -0.4 is 0 Å². The topological polar surface area (TPSA) is 0 Å². The van der Waals surface area contributed by atoms with E-state index in [2.05, 4.69) is 55.4 Å². The van der Waals surface area contributed by atoms with Crippen LogP contribution in [0.15, 0.2) is 42.7 Å². The van der Waals surface area contributed by atoms with E-state index in [1.165, 1.54) is 32.7 Å². The molecule has 0 saturated heterocycles. The molecule has 0 aromatic heterocycles. The Labute approximate surface area is 179 Å². The fourth-order valence-corrected chi connectivity index (χ4v) is 8.37. The third-order valence-electron chi connectivity index (χ3n) is 4.81. The summed E-state index contributed by atoms with van der Waals surface area (Å²) in [6, 6.07) is 0. The fraction of sp³-hybridized carbons (Fsp3) is 0.600. The summed E-state index contributed by atoms with van der Waals surface area (Å²) in [6.45, 7) is 18.3. The van der Waals surface area contributed by atoms with Crippen molar-refractivity contribution in [3.8, 4) is 0 Å². The molecule has 0 fully saturated rings. The molecule has 0 heterocycles. The van der Waals surface area contributed by atoms with E-state index in [1.54, 1.807) is 0 Å². The van der Waals surface area contributed by atoms with Crippen LogP contribution in [0.3, 0.4) is 0 Å². The van der Waals surface area contributed by atoms with Crippen molar-refractivity contribution in [3.63, 3.8) is 0 Å². The van der Waals surface area contributed by atoms with E-state index in [9.17, 15) is 0 Å². The van der Waals surface area contributed by atoms with Crippen LogP contribution in [0.5, 0.6) is 0 Å². The van der Waals surface area contributed by atoms with Gasteiger partial charge in [0.1, 0.15) is 0 Å². The van der Waals surface area contributed by atoms with Gasteiger partial charge in [-0.25, -0.2) is 0 Å². The maximum absolute atomic E-state index is 6.69. The average molecular weight is 461 g/mol. The summed E-state index contributed by atoms with van der Waals surface area (Å²) in [5.74, 6) is 0. The zero-order valence-electron chi connectivity index (χ0n) is 16.4. The normalized spacial score (nSPS) is 19.8. The van der Waals surface area contributed by atoms with E-state index in [-0.39, 0.29) is 37.0 Å². The van der Waals surface area contributed by atoms with Crippen LogP contribution in [-0.2, 0) is 26.2 Å². The zero-order valence-corrected chi connectivity index (χ0v) is 21.8. The van der Waals surface area contributed by atoms with Crippen molar-refractivity contribution in [3.05, 3.63) is 42.7 Å². The van der Waals surface area contributed by atoms with Crippen molar-refractivity contribution < 1.29 is 26.2 Å². The van der Waals surface area contributed by atoms with Crippen LogP contribution in [0.2, 0.25) is 0 Å². The second kappa shape index (κ2) is 7.71. The summed E-state index contributed by atoms with van der Waals surface area (Å²) in [6.07, 6.45) is 1.85. The summed E-state index contributed by atoms with van der Waals surface area (Å²) < 4.78 is 0. The molecule has 4 heteroatoms. The van der Waals surface area contributed by atoms with Gasteiger partial charge in [-0.1, -0.05) is 75.9 Å². The number of allylic oxidation sites excluding steroid dienone is 8. The molecule has 0 radical (unpaired) electrons. The summed E-state index contributed by atoms with van der Waals surface area (Å²) in [5, 5.41) is 5.02. The Morgan fingerprint density at radius 1 is 0.708 bits per heavy atom. The maximum atomic E-state index is 6.69. The SMILES string of the molecule is CC1=C(C(C)(C)C)C([SiH2]C2=C(Cl)CC(C)=C2C(C)(C)C)=C(Cl)C1.[Zr]. The van der Waals surface area contributed by atoms with Crippen molar-refractivity contribution >= 4 is 32.7 Å². The van der Waals surface area contributed by atoms with E-state index in [0.29, 0.717) is 0 Å². The third-order valence-corrected chi connectivity index (χ3v) is 8.25. The molecule has 0 spiro atoms. The molecule has 0 amide bonds. The summed E-state index contributed by atoms with van der Waals surface area (Å²) in [4.78, 5) is 0. The first-order valence-corrected chi connectivity index (χ1v) is 10.7. The van der Waals surface area contributed by atoms with Gasteiger partial charge in [0.15, 0.2) is 0 Å². The molecule has 0 aromatic rings. The van der Waals surface area contributed by atoms with Crippen molar-refractivity contribution in [2.75, 3.05) is 0 Å². The molecule has 0 N–H and O–H groups in total. The zero-order chi connectivity index (χ0) is 17.7. The molecule has 24 heavy (non-hydrogen) atoms. The molecule has 0 nitrogen and oxygen atoms in total. The van der Waals surface area contributed by atoms with Gasteiger partial charge in [0.25, 0.3) is 0 Å². The largest absolute Gasteiger partial charge is 0.0913 e. The number of halogens is 2. The van der Waals surface area contributed by atoms with Crippen molar-refractivity contribution in [1.82, 2.24) is 0 Å². The van der Waals surface area contributed by atoms with E-state index < -0.39 is 9.52 Å². The quantitative estimate of drug-likeness (QED) is 0.408. The predicted molar refractivity (Wildman–Crippen MR) is 108 cm³/mol. The van der Waals surface area contributed by atoms with Gasteiger partial charge in [-0.15, -0.1) is 0 Å². The van der Waals surface area contributed by atoms with E-state index >= 15 is 0 Å². The first kappa shape index (κ1) is 22.7. The van der Waals surface area contributed by atoms with Gasteiger partial charge in [0, 0.05) is 49.1 Å². The number of rotatable bonds is 2. The molecule has 132 valence electrons. The molecular formula is C20H30Cl2SiZr. The molecular weight excluding hydrogens is 430 g/mol. The Kier molecular flexibility index (Phi) is 7.29. The summed E-state index contributed by atoms with van der Waals surface area (Å²) in [5.41, 5.74) is 6.16. The summed E-state index contributed by atoms with van der Waals surface area (Å²) in [7, 11) is -0.669. The maximum Gasteiger partial charge on any atom is 0.0913 e. The van der Waals surface area contributed by atoms with Gasteiger partial charge < -0.3 is 0 Å². The molecule has 0 aromatic carbocycles. The predicted octanol–water partition coefficient (Wildman–Crippen LogP) is 6.59. The molecule has 2 aliphatic carbocycles. The van der Waals surface area contributed by atoms with Crippen molar-refractivity contribution in [2.45, 2.75) is 68.2 Å². The summed E-state index contributed by atoms with van der Waals surface area (Å²) >= 11 is 13.4. The van der Waals surface area contributed by atoms with E-state index in [4.69, 9.17) is 23.2 Å². The minimum absolute atomic E-state index is 0. The van der Waals surface area contributed by atoms with Gasteiger partial charge in [0.2, 0.25) is 0 Å². The molecule has 0 unspecified atom stereocenters. The van der Waals surface area contributed by atoms with Gasteiger partial charge >= 0.3 is 0 Å². The monoisotopic (exact) mass is 458 g/mol. The molecule has 0 aliphatic heterocycles. The molecule has 0 saturated carbocycles. The molecule has 2 rings (SSSR count). The number of hydrogen-bond acceptors (Lipinski definition) is 0. The van der Waals surface area contributed by atoms with Gasteiger partial charge in [-0.3, -0.25) is 0 Å². The van der Waals surface area contributed by atoms with E-state index in [0.717, 1.165) is 22.9 Å². The first-order chi connectivity index (χ1) is 10.3. The smallest absolute Gasteiger partial charge is 0.0889 e.